The molecule has 3 rings (SSSR count). The Hall–Kier alpha value is -0.357. The summed E-state index contributed by atoms with van der Waals surface area (Å²) in [7, 11) is 0. The summed E-state index contributed by atoms with van der Waals surface area (Å²) in [5.74, 6) is 0. The van der Waals surface area contributed by atoms with Crippen molar-refractivity contribution in [2.24, 2.45) is 5.41 Å². The van der Waals surface area contributed by atoms with Gasteiger partial charge in [0.1, 0.15) is 0 Å². The average Bonchev–Trinajstić information content (AvgIpc) is 2.99. The zero-order chi connectivity index (χ0) is 16.9. The van der Waals surface area contributed by atoms with Gasteiger partial charge in [0, 0.05) is 0 Å². The zero-order valence-corrected chi connectivity index (χ0v) is 19.8. The minimum Gasteiger partial charge on any atom is -1.00 e. The quantitative estimate of drug-likeness (QED) is 0.495. The van der Waals surface area contributed by atoms with Gasteiger partial charge < -0.3 is 24.8 Å². The van der Waals surface area contributed by atoms with Gasteiger partial charge in [0.2, 0.25) is 0 Å². The minimum absolute atomic E-state index is 0. The van der Waals surface area contributed by atoms with Gasteiger partial charge in [0.25, 0.3) is 0 Å². The second-order valence-electron chi connectivity index (χ2n) is 7.98. The van der Waals surface area contributed by atoms with Crippen molar-refractivity contribution in [3.05, 3.63) is 63.1 Å². The van der Waals surface area contributed by atoms with Crippen molar-refractivity contribution >= 4 is 14.4 Å². The van der Waals surface area contributed by atoms with Crippen LogP contribution in [0, 0.1) is 5.41 Å². The van der Waals surface area contributed by atoms with E-state index in [-0.39, 0.29) is 30.2 Å². The van der Waals surface area contributed by atoms with E-state index in [1.807, 2.05) is 0 Å². The molecule has 1 aromatic rings. The molecule has 0 bridgehead atoms. The second-order valence-corrected chi connectivity index (χ2v) is 9.21. The Kier molecular flexibility index (Phi) is 7.37. The summed E-state index contributed by atoms with van der Waals surface area (Å²) >= 11 is 1.52. The van der Waals surface area contributed by atoms with Gasteiger partial charge in [-0.2, -0.15) is 0 Å². The van der Waals surface area contributed by atoms with Gasteiger partial charge >= 0.3 is 156 Å². The van der Waals surface area contributed by atoms with E-state index in [9.17, 15) is 0 Å². The number of benzene rings is 1. The van der Waals surface area contributed by atoms with Crippen molar-refractivity contribution in [1.29, 1.82) is 0 Å². The summed E-state index contributed by atoms with van der Waals surface area (Å²) in [5, 5.41) is 2.91. The molecule has 3 heteroatoms. The number of allylic oxidation sites excluding steroid dienone is 5. The number of hydrogen-bond acceptors (Lipinski definition) is 0. The van der Waals surface area contributed by atoms with E-state index in [0.29, 0.717) is 0 Å². The Bertz CT molecular complexity index is 902. The number of halogens is 2. The molecule has 0 amide bonds. The Morgan fingerprint density at radius 1 is 1.04 bits per heavy atom. The van der Waals surface area contributed by atoms with Crippen molar-refractivity contribution in [1.82, 2.24) is 0 Å². The van der Waals surface area contributed by atoms with Crippen molar-refractivity contribution in [2.75, 3.05) is 0 Å². The monoisotopic (exact) mass is 449 g/mol. The summed E-state index contributed by atoms with van der Waals surface area (Å²) in [6.07, 6.45) is 5.73. The van der Waals surface area contributed by atoms with Crippen LogP contribution in [-0.4, -0.2) is 0 Å². The molecule has 2 aliphatic carbocycles. The molecule has 0 atom stereocenters. The van der Waals surface area contributed by atoms with E-state index in [1.165, 1.54) is 66.3 Å². The predicted molar refractivity (Wildman–Crippen MR) is 96.7 cm³/mol. The summed E-state index contributed by atoms with van der Waals surface area (Å²) in [6, 6.07) is 6.83. The Labute approximate surface area is 179 Å². The fourth-order valence-electron chi connectivity index (χ4n) is 3.74. The number of rotatable bonds is 1. The van der Waals surface area contributed by atoms with E-state index < -0.39 is 0 Å². The standard InChI is InChI=1S/C22H25.2ClH.Zr/c1-14(2)18-9-7-8-17-13-19(16-11-10-15(3)12-16)21(20(17)18)22(4,5)6;;;/h7-11H,12H2,1-6H3;2*1H;/q;;;+2/p-2. The third-order valence-corrected chi connectivity index (χ3v) is 6.01. The van der Waals surface area contributed by atoms with Crippen molar-refractivity contribution in [2.45, 2.75) is 48.0 Å². The molecular formula is C22H25Cl2Zr. The molecule has 1 aromatic carbocycles. The minimum atomic E-state index is 0. The third-order valence-electron chi connectivity index (χ3n) is 4.73. The first-order valence-corrected chi connectivity index (χ1v) is 9.59. The van der Waals surface area contributed by atoms with E-state index >= 15 is 0 Å². The molecular weight excluding hydrogens is 426 g/mol. The molecule has 0 fully saturated rings. The molecule has 0 N–H and O–H groups in total. The van der Waals surface area contributed by atoms with Gasteiger partial charge in [0.15, 0.2) is 0 Å². The van der Waals surface area contributed by atoms with Crippen molar-refractivity contribution < 1.29 is 49.5 Å². The molecule has 25 heavy (non-hydrogen) atoms. The van der Waals surface area contributed by atoms with Crippen LogP contribution in [0.15, 0.2) is 47.1 Å². The first-order valence-electron chi connectivity index (χ1n) is 8.36. The summed E-state index contributed by atoms with van der Waals surface area (Å²) in [5.41, 5.74) is 9.08. The zero-order valence-electron chi connectivity index (χ0n) is 15.8. The van der Waals surface area contributed by atoms with Crippen LogP contribution in [0.1, 0.15) is 53.5 Å². The van der Waals surface area contributed by atoms with E-state index in [0.717, 1.165) is 6.42 Å². The van der Waals surface area contributed by atoms with Crippen LogP contribution in [0.2, 0.25) is 0 Å². The van der Waals surface area contributed by atoms with E-state index in [4.69, 9.17) is 0 Å². The maximum atomic E-state index is 2.36. The average molecular weight is 452 g/mol. The third kappa shape index (κ3) is 4.00. The molecule has 2 aliphatic rings. The molecule has 131 valence electrons. The van der Waals surface area contributed by atoms with E-state index in [1.54, 1.807) is 5.57 Å². The van der Waals surface area contributed by atoms with Gasteiger partial charge in [-0.25, -0.2) is 0 Å². The van der Waals surface area contributed by atoms with Crippen LogP contribution in [-0.2, 0) is 24.7 Å². The van der Waals surface area contributed by atoms with Gasteiger partial charge in [-0.05, 0) is 0 Å². The SMILES string of the molecule is CC1=CC=C(C2=[C]([Zr+2])c3cccc(=C(C)C)c3=C2C(C)(C)C)C1.[Cl-].[Cl-]. The van der Waals surface area contributed by atoms with Crippen LogP contribution in [0.5, 0.6) is 0 Å². The van der Waals surface area contributed by atoms with Gasteiger partial charge in [0.05, 0.1) is 0 Å². The molecule has 0 nitrogen and oxygen atoms in total. The normalized spacial score (nSPS) is 16.1. The molecule has 0 spiro atoms. The Morgan fingerprint density at radius 2 is 1.68 bits per heavy atom. The molecule has 0 radical (unpaired) electrons. The molecule has 0 saturated heterocycles. The van der Waals surface area contributed by atoms with Crippen LogP contribution in [0.25, 0.3) is 14.4 Å². The van der Waals surface area contributed by atoms with Crippen LogP contribution < -0.4 is 35.3 Å². The summed E-state index contributed by atoms with van der Waals surface area (Å²) in [4.78, 5) is 0. The largest absolute Gasteiger partial charge is 1.00 e. The van der Waals surface area contributed by atoms with E-state index in [2.05, 4.69) is 71.9 Å². The Balaban J connectivity index is 0.00000156. The molecule has 0 aromatic heterocycles. The van der Waals surface area contributed by atoms with Crippen LogP contribution >= 0.6 is 0 Å². The molecule has 0 aliphatic heterocycles. The maximum absolute atomic E-state index is 2.36. The van der Waals surface area contributed by atoms with Crippen molar-refractivity contribution in [3.63, 3.8) is 0 Å². The maximum Gasteiger partial charge on any atom is -1.00 e. The fourth-order valence-corrected chi connectivity index (χ4v) is 4.95. The molecule has 0 unspecified atom stereocenters. The summed E-state index contributed by atoms with van der Waals surface area (Å²) in [6.45, 7) is 13.8. The first kappa shape index (κ1) is 22.7. The van der Waals surface area contributed by atoms with Crippen LogP contribution in [0.3, 0.4) is 0 Å². The topological polar surface area (TPSA) is 0 Å². The second kappa shape index (κ2) is 8.12. The van der Waals surface area contributed by atoms with Gasteiger partial charge in [-0.15, -0.1) is 0 Å². The first-order chi connectivity index (χ1) is 10.7. The smallest absolute Gasteiger partial charge is 1.00 e. The molecule has 0 heterocycles. The fraction of sp³-hybridized carbons (Fsp3) is 0.364. The summed E-state index contributed by atoms with van der Waals surface area (Å²) < 4.78 is 1.54. The molecule has 0 saturated carbocycles. The van der Waals surface area contributed by atoms with Gasteiger partial charge in [-0.1, -0.05) is 0 Å². The Morgan fingerprint density at radius 3 is 2.16 bits per heavy atom. The predicted octanol–water partition coefficient (Wildman–Crippen LogP) is -1.37. The number of fused-ring (bicyclic) bond motifs is 1. The van der Waals surface area contributed by atoms with Gasteiger partial charge in [-0.3, -0.25) is 0 Å². The van der Waals surface area contributed by atoms with Crippen molar-refractivity contribution in [3.8, 4) is 0 Å². The number of hydrogen-bond donors (Lipinski definition) is 0. The van der Waals surface area contributed by atoms with Crippen LogP contribution in [0.4, 0.5) is 0 Å².